The van der Waals surface area contributed by atoms with Crippen molar-refractivity contribution in [2.75, 3.05) is 13.2 Å². The second-order valence-corrected chi connectivity index (χ2v) is 6.28. The van der Waals surface area contributed by atoms with Crippen LogP contribution in [0.15, 0.2) is 24.3 Å². The highest BCUT2D eigenvalue weighted by molar-refractivity contribution is 5.68. The summed E-state index contributed by atoms with van der Waals surface area (Å²) in [5.41, 5.74) is 0.525. The van der Waals surface area contributed by atoms with E-state index in [9.17, 15) is 4.79 Å². The second-order valence-electron chi connectivity index (χ2n) is 6.28. The number of terminal acetylenes is 1. The number of benzene rings is 1. The topological polar surface area (TPSA) is 59.6 Å². The maximum atomic E-state index is 11.7. The Bertz CT molecular complexity index is 544. The van der Waals surface area contributed by atoms with E-state index in [1.807, 2.05) is 52.0 Å². The van der Waals surface area contributed by atoms with E-state index >= 15 is 0 Å². The van der Waals surface area contributed by atoms with Crippen LogP contribution in [-0.4, -0.2) is 30.9 Å². The monoisotopic (exact) mass is 318 g/mol. The zero-order valence-electron chi connectivity index (χ0n) is 14.3. The molecule has 0 saturated carbocycles. The molecule has 0 aliphatic carbocycles. The number of nitrogens with one attached hydrogen (secondary N) is 2. The van der Waals surface area contributed by atoms with Crippen molar-refractivity contribution in [2.45, 2.75) is 45.9 Å². The van der Waals surface area contributed by atoms with Crippen molar-refractivity contribution in [1.82, 2.24) is 10.6 Å². The van der Waals surface area contributed by atoms with Gasteiger partial charge in [0, 0.05) is 24.7 Å². The molecule has 0 bridgehead atoms. The van der Waals surface area contributed by atoms with Gasteiger partial charge in [0.1, 0.15) is 18.0 Å². The number of hydrogen-bond acceptors (Lipinski definition) is 4. The third kappa shape index (κ3) is 8.12. The fourth-order valence-electron chi connectivity index (χ4n) is 1.89. The molecule has 1 amide bonds. The van der Waals surface area contributed by atoms with Crippen LogP contribution in [0.2, 0.25) is 0 Å². The van der Waals surface area contributed by atoms with Gasteiger partial charge in [-0.05, 0) is 33.8 Å². The highest BCUT2D eigenvalue weighted by atomic mass is 16.6. The van der Waals surface area contributed by atoms with Crippen LogP contribution in [-0.2, 0) is 11.3 Å². The molecule has 0 aliphatic heterocycles. The first-order valence-electron chi connectivity index (χ1n) is 7.66. The molecule has 1 aromatic carbocycles. The van der Waals surface area contributed by atoms with Crippen molar-refractivity contribution in [3.8, 4) is 18.1 Å². The van der Waals surface area contributed by atoms with Gasteiger partial charge in [-0.3, -0.25) is 0 Å². The van der Waals surface area contributed by atoms with Crippen LogP contribution in [0.25, 0.3) is 0 Å². The molecule has 1 rings (SSSR count). The predicted molar refractivity (Wildman–Crippen MR) is 91.3 cm³/mol. The van der Waals surface area contributed by atoms with Gasteiger partial charge in [0.25, 0.3) is 0 Å². The van der Waals surface area contributed by atoms with Crippen LogP contribution in [0.4, 0.5) is 4.79 Å². The first-order chi connectivity index (χ1) is 10.8. The summed E-state index contributed by atoms with van der Waals surface area (Å²) in [7, 11) is 0. The summed E-state index contributed by atoms with van der Waals surface area (Å²) < 4.78 is 10.7. The minimum Gasteiger partial charge on any atom is -0.481 e. The van der Waals surface area contributed by atoms with Crippen LogP contribution in [0.1, 0.15) is 33.3 Å². The molecule has 0 aromatic heterocycles. The third-order valence-electron chi connectivity index (χ3n) is 2.81. The number of para-hydroxylation sites is 1. The molecule has 2 N–H and O–H groups in total. The Hall–Kier alpha value is -2.19. The Kier molecular flexibility index (Phi) is 7.43. The molecule has 5 nitrogen and oxygen atoms in total. The fraction of sp³-hybridized carbons (Fsp3) is 0.500. The molecular formula is C18H26N2O3. The molecule has 1 unspecified atom stereocenters. The van der Waals surface area contributed by atoms with E-state index in [0.717, 1.165) is 11.3 Å². The SMILES string of the molecule is C#CCOc1ccccc1CNCC(C)NC(=O)OC(C)(C)C. The number of carbonyl (C=O) groups is 1. The van der Waals surface area contributed by atoms with Crippen molar-refractivity contribution in [2.24, 2.45) is 0 Å². The van der Waals surface area contributed by atoms with E-state index in [1.165, 1.54) is 0 Å². The van der Waals surface area contributed by atoms with Gasteiger partial charge in [-0.2, -0.15) is 0 Å². The van der Waals surface area contributed by atoms with Gasteiger partial charge in [0.05, 0.1) is 0 Å². The summed E-state index contributed by atoms with van der Waals surface area (Å²) in [4.78, 5) is 11.7. The number of hydrogen-bond donors (Lipinski definition) is 2. The normalized spacial score (nSPS) is 12.1. The van der Waals surface area contributed by atoms with Crippen LogP contribution in [0.3, 0.4) is 0 Å². The van der Waals surface area contributed by atoms with E-state index in [1.54, 1.807) is 0 Å². The van der Waals surface area contributed by atoms with Gasteiger partial charge in [0.15, 0.2) is 0 Å². The number of carbonyl (C=O) groups excluding carboxylic acids is 1. The quantitative estimate of drug-likeness (QED) is 0.759. The van der Waals surface area contributed by atoms with Gasteiger partial charge in [-0.15, -0.1) is 6.42 Å². The first kappa shape index (κ1) is 18.9. The Morgan fingerprint density at radius 1 is 1.35 bits per heavy atom. The summed E-state index contributed by atoms with van der Waals surface area (Å²) in [6.45, 7) is 8.91. The average Bonchev–Trinajstić information content (AvgIpc) is 2.44. The third-order valence-corrected chi connectivity index (χ3v) is 2.81. The summed E-state index contributed by atoms with van der Waals surface area (Å²) in [6.07, 6.45) is 4.80. The largest absolute Gasteiger partial charge is 0.481 e. The molecule has 23 heavy (non-hydrogen) atoms. The highest BCUT2D eigenvalue weighted by Gasteiger charge is 2.17. The van der Waals surface area contributed by atoms with Crippen molar-refractivity contribution in [3.05, 3.63) is 29.8 Å². The Morgan fingerprint density at radius 3 is 2.70 bits per heavy atom. The van der Waals surface area contributed by atoms with Crippen LogP contribution >= 0.6 is 0 Å². The van der Waals surface area contributed by atoms with Crippen LogP contribution in [0.5, 0.6) is 5.75 Å². The Morgan fingerprint density at radius 2 is 2.04 bits per heavy atom. The highest BCUT2D eigenvalue weighted by Crippen LogP contribution is 2.17. The molecule has 0 spiro atoms. The zero-order valence-corrected chi connectivity index (χ0v) is 14.3. The lowest BCUT2D eigenvalue weighted by atomic mass is 10.2. The van der Waals surface area contributed by atoms with E-state index in [4.69, 9.17) is 15.9 Å². The maximum Gasteiger partial charge on any atom is 0.407 e. The number of amides is 1. The van der Waals surface area contributed by atoms with Gasteiger partial charge in [-0.1, -0.05) is 24.1 Å². The van der Waals surface area contributed by atoms with Gasteiger partial charge in [0.2, 0.25) is 0 Å². The summed E-state index contributed by atoms with van der Waals surface area (Å²) in [6, 6.07) is 7.66. The lowest BCUT2D eigenvalue weighted by Crippen LogP contribution is -2.42. The van der Waals surface area contributed by atoms with E-state index < -0.39 is 11.7 Å². The van der Waals surface area contributed by atoms with E-state index in [0.29, 0.717) is 13.1 Å². The number of ether oxygens (including phenoxy) is 2. The molecule has 0 heterocycles. The smallest absolute Gasteiger partial charge is 0.407 e. The van der Waals surface area contributed by atoms with Crippen molar-refractivity contribution >= 4 is 6.09 Å². The molecular weight excluding hydrogens is 292 g/mol. The maximum absolute atomic E-state index is 11.7. The average molecular weight is 318 g/mol. The van der Waals surface area contributed by atoms with Crippen molar-refractivity contribution < 1.29 is 14.3 Å². The minimum absolute atomic E-state index is 0.0522. The van der Waals surface area contributed by atoms with Crippen molar-refractivity contribution in [3.63, 3.8) is 0 Å². The van der Waals surface area contributed by atoms with Crippen molar-refractivity contribution in [1.29, 1.82) is 0 Å². The number of rotatable bonds is 7. The molecule has 0 aliphatic rings. The first-order valence-corrected chi connectivity index (χ1v) is 7.66. The molecule has 126 valence electrons. The summed E-state index contributed by atoms with van der Waals surface area (Å²) in [5, 5.41) is 6.07. The van der Waals surface area contributed by atoms with Gasteiger partial charge >= 0.3 is 6.09 Å². The summed E-state index contributed by atoms with van der Waals surface area (Å²) in [5.74, 6) is 3.22. The summed E-state index contributed by atoms with van der Waals surface area (Å²) >= 11 is 0. The van der Waals surface area contributed by atoms with E-state index in [2.05, 4.69) is 16.6 Å². The standard InChI is InChI=1S/C18H26N2O3/c1-6-11-22-16-10-8-7-9-15(16)13-19-12-14(2)20-17(21)23-18(3,4)5/h1,7-10,14,19H,11-13H2,2-5H3,(H,20,21). The van der Waals surface area contributed by atoms with Gasteiger partial charge in [-0.25, -0.2) is 4.79 Å². The molecule has 0 radical (unpaired) electrons. The Labute approximate surface area is 138 Å². The molecule has 0 fully saturated rings. The molecule has 1 aromatic rings. The minimum atomic E-state index is -0.495. The zero-order chi connectivity index (χ0) is 17.3. The second kappa shape index (κ2) is 9.06. The van der Waals surface area contributed by atoms with Crippen LogP contribution in [0, 0.1) is 12.3 Å². The molecule has 1 atom stereocenters. The van der Waals surface area contributed by atoms with Gasteiger partial charge < -0.3 is 20.1 Å². The predicted octanol–water partition coefficient (Wildman–Crippen LogP) is 2.70. The van der Waals surface area contributed by atoms with E-state index in [-0.39, 0.29) is 12.6 Å². The van der Waals surface area contributed by atoms with Crippen LogP contribution < -0.4 is 15.4 Å². The number of alkyl carbamates (subject to hydrolysis) is 1. The molecule has 0 saturated heterocycles. The Balaban J connectivity index is 2.39. The lowest BCUT2D eigenvalue weighted by Gasteiger charge is -2.22. The molecule has 5 heteroatoms. The lowest BCUT2D eigenvalue weighted by molar-refractivity contribution is 0.0508. The fourth-order valence-corrected chi connectivity index (χ4v) is 1.89.